The standard InChI is InChI=1S/C27H19N/c1-28-25-15-14-18-8-4-5-11-21(18)27(25)23-13-7-6-12-22(23)24-16-19-9-2-3-10-20(19)17-26(24)28/h2-17H,1H3. The lowest BCUT2D eigenvalue weighted by Crippen LogP contribution is -2.10. The summed E-state index contributed by atoms with van der Waals surface area (Å²) >= 11 is 0. The molecule has 5 aromatic rings. The third-order valence-electron chi connectivity index (χ3n) is 5.98. The summed E-state index contributed by atoms with van der Waals surface area (Å²) in [6.07, 6.45) is 0. The minimum Gasteiger partial charge on any atom is -0.344 e. The predicted molar refractivity (Wildman–Crippen MR) is 120 cm³/mol. The molecule has 1 aliphatic rings. The normalized spacial score (nSPS) is 12.4. The zero-order valence-electron chi connectivity index (χ0n) is 15.7. The third kappa shape index (κ3) is 2.07. The van der Waals surface area contributed by atoms with E-state index in [2.05, 4.69) is 109 Å². The van der Waals surface area contributed by atoms with Gasteiger partial charge in [-0.3, -0.25) is 0 Å². The van der Waals surface area contributed by atoms with Crippen LogP contribution in [-0.2, 0) is 0 Å². The summed E-state index contributed by atoms with van der Waals surface area (Å²) in [6.45, 7) is 0. The van der Waals surface area contributed by atoms with Crippen LogP contribution in [0.2, 0.25) is 0 Å². The average Bonchev–Trinajstić information content (AvgIpc) is 2.86. The van der Waals surface area contributed by atoms with Crippen LogP contribution >= 0.6 is 0 Å². The molecule has 0 amide bonds. The van der Waals surface area contributed by atoms with Gasteiger partial charge in [-0.25, -0.2) is 0 Å². The van der Waals surface area contributed by atoms with Crippen molar-refractivity contribution in [2.45, 2.75) is 0 Å². The van der Waals surface area contributed by atoms with E-state index in [0.29, 0.717) is 0 Å². The van der Waals surface area contributed by atoms with E-state index < -0.39 is 0 Å². The summed E-state index contributed by atoms with van der Waals surface area (Å²) < 4.78 is 0. The number of nitrogens with zero attached hydrogens (tertiary/aromatic N) is 1. The molecular formula is C27H19N. The Morgan fingerprint density at radius 1 is 0.500 bits per heavy atom. The summed E-state index contributed by atoms with van der Waals surface area (Å²) in [5, 5.41) is 5.13. The van der Waals surface area contributed by atoms with Crippen molar-refractivity contribution in [1.82, 2.24) is 0 Å². The van der Waals surface area contributed by atoms with Gasteiger partial charge in [-0.1, -0.05) is 78.9 Å². The van der Waals surface area contributed by atoms with Gasteiger partial charge in [0.15, 0.2) is 0 Å². The lowest BCUT2D eigenvalue weighted by molar-refractivity contribution is 1.23. The first-order valence-electron chi connectivity index (χ1n) is 9.69. The number of rotatable bonds is 0. The molecule has 1 nitrogen and oxygen atoms in total. The SMILES string of the molecule is CN1c2cc3ccccc3cc2-c2ccccc2-c2c1ccc1ccccc21. The molecule has 0 aliphatic carbocycles. The molecule has 0 atom stereocenters. The van der Waals surface area contributed by atoms with E-state index in [1.54, 1.807) is 0 Å². The lowest BCUT2D eigenvalue weighted by Gasteiger charge is -2.23. The Kier molecular flexibility index (Phi) is 3.15. The molecule has 0 saturated heterocycles. The molecule has 1 aliphatic heterocycles. The maximum Gasteiger partial charge on any atom is 0.0494 e. The molecule has 0 fully saturated rings. The predicted octanol–water partition coefficient (Wildman–Crippen LogP) is 7.41. The Bertz CT molecular complexity index is 1380. The van der Waals surface area contributed by atoms with Gasteiger partial charge in [-0.05, 0) is 50.9 Å². The van der Waals surface area contributed by atoms with Crippen LogP contribution < -0.4 is 4.90 Å². The van der Waals surface area contributed by atoms with Gasteiger partial charge < -0.3 is 4.90 Å². The zero-order chi connectivity index (χ0) is 18.7. The third-order valence-corrected chi connectivity index (χ3v) is 5.98. The van der Waals surface area contributed by atoms with Gasteiger partial charge in [0.1, 0.15) is 0 Å². The van der Waals surface area contributed by atoms with Gasteiger partial charge in [0.05, 0.1) is 0 Å². The van der Waals surface area contributed by atoms with Crippen molar-refractivity contribution in [2.75, 3.05) is 11.9 Å². The molecule has 28 heavy (non-hydrogen) atoms. The highest BCUT2D eigenvalue weighted by Gasteiger charge is 2.24. The molecule has 6 rings (SSSR count). The molecule has 0 saturated carbocycles. The van der Waals surface area contributed by atoms with Crippen molar-refractivity contribution >= 4 is 32.9 Å². The van der Waals surface area contributed by atoms with Crippen LogP contribution in [0.4, 0.5) is 11.4 Å². The number of benzene rings is 5. The minimum atomic E-state index is 1.25. The first kappa shape index (κ1) is 15.5. The molecule has 0 unspecified atom stereocenters. The summed E-state index contributed by atoms with van der Waals surface area (Å²) in [6, 6.07) is 35.3. The van der Waals surface area contributed by atoms with Crippen molar-refractivity contribution < 1.29 is 0 Å². The molecule has 5 aromatic carbocycles. The molecule has 0 radical (unpaired) electrons. The molecule has 0 bridgehead atoms. The molecule has 0 spiro atoms. The fourth-order valence-corrected chi connectivity index (χ4v) is 4.61. The smallest absolute Gasteiger partial charge is 0.0494 e. The Hall–Kier alpha value is -3.58. The quantitative estimate of drug-likeness (QED) is 0.279. The summed E-state index contributed by atoms with van der Waals surface area (Å²) in [5.74, 6) is 0. The fraction of sp³-hybridized carbons (Fsp3) is 0.0370. The van der Waals surface area contributed by atoms with E-state index >= 15 is 0 Å². The maximum absolute atomic E-state index is 2.35. The summed E-state index contributed by atoms with van der Waals surface area (Å²) in [7, 11) is 2.19. The maximum atomic E-state index is 2.35. The van der Waals surface area contributed by atoms with Crippen LogP contribution in [-0.4, -0.2) is 7.05 Å². The molecule has 1 heteroatoms. The van der Waals surface area contributed by atoms with Crippen LogP contribution in [0.15, 0.2) is 97.1 Å². The number of hydrogen-bond acceptors (Lipinski definition) is 1. The topological polar surface area (TPSA) is 3.24 Å². The lowest BCUT2D eigenvalue weighted by atomic mass is 9.91. The van der Waals surface area contributed by atoms with Gasteiger partial charge in [0.25, 0.3) is 0 Å². The van der Waals surface area contributed by atoms with Gasteiger partial charge in [0.2, 0.25) is 0 Å². The second-order valence-corrected chi connectivity index (χ2v) is 7.50. The first-order valence-corrected chi connectivity index (χ1v) is 9.69. The summed E-state index contributed by atoms with van der Waals surface area (Å²) in [5.41, 5.74) is 7.70. The van der Waals surface area contributed by atoms with E-state index in [9.17, 15) is 0 Å². The average molecular weight is 357 g/mol. The zero-order valence-corrected chi connectivity index (χ0v) is 15.7. The van der Waals surface area contributed by atoms with Crippen molar-refractivity contribution in [2.24, 2.45) is 0 Å². The highest BCUT2D eigenvalue weighted by molar-refractivity contribution is 6.11. The number of hydrogen-bond donors (Lipinski definition) is 0. The Labute approximate surface area is 164 Å². The molecule has 0 aromatic heterocycles. The molecule has 1 heterocycles. The number of fused-ring (bicyclic) bond motifs is 8. The summed E-state index contributed by atoms with van der Waals surface area (Å²) in [4.78, 5) is 2.35. The van der Waals surface area contributed by atoms with E-state index in [0.717, 1.165) is 0 Å². The molecule has 132 valence electrons. The van der Waals surface area contributed by atoms with Crippen LogP contribution in [0.3, 0.4) is 0 Å². The Morgan fingerprint density at radius 2 is 1.14 bits per heavy atom. The van der Waals surface area contributed by atoms with Crippen molar-refractivity contribution in [3.05, 3.63) is 97.1 Å². The molecular weight excluding hydrogens is 338 g/mol. The van der Waals surface area contributed by atoms with Crippen LogP contribution in [0.25, 0.3) is 43.8 Å². The Morgan fingerprint density at radius 3 is 1.96 bits per heavy atom. The highest BCUT2D eigenvalue weighted by Crippen LogP contribution is 2.50. The van der Waals surface area contributed by atoms with E-state index in [1.165, 1.54) is 55.2 Å². The van der Waals surface area contributed by atoms with Gasteiger partial charge >= 0.3 is 0 Å². The molecule has 0 N–H and O–H groups in total. The van der Waals surface area contributed by atoms with Gasteiger partial charge in [-0.2, -0.15) is 0 Å². The first-order chi connectivity index (χ1) is 13.8. The van der Waals surface area contributed by atoms with Crippen LogP contribution in [0.1, 0.15) is 0 Å². The number of anilines is 2. The van der Waals surface area contributed by atoms with Crippen LogP contribution in [0.5, 0.6) is 0 Å². The second-order valence-electron chi connectivity index (χ2n) is 7.50. The van der Waals surface area contributed by atoms with Crippen molar-refractivity contribution in [1.29, 1.82) is 0 Å². The van der Waals surface area contributed by atoms with Crippen molar-refractivity contribution in [3.63, 3.8) is 0 Å². The Balaban J connectivity index is 1.81. The minimum absolute atomic E-state index is 1.25. The highest BCUT2D eigenvalue weighted by atomic mass is 15.1. The van der Waals surface area contributed by atoms with E-state index in [1.807, 2.05) is 0 Å². The monoisotopic (exact) mass is 357 g/mol. The van der Waals surface area contributed by atoms with Crippen LogP contribution in [0, 0.1) is 0 Å². The largest absolute Gasteiger partial charge is 0.344 e. The van der Waals surface area contributed by atoms with E-state index in [4.69, 9.17) is 0 Å². The van der Waals surface area contributed by atoms with E-state index in [-0.39, 0.29) is 0 Å². The van der Waals surface area contributed by atoms with Gasteiger partial charge in [0, 0.05) is 29.5 Å². The fourth-order valence-electron chi connectivity index (χ4n) is 4.61. The van der Waals surface area contributed by atoms with Crippen molar-refractivity contribution in [3.8, 4) is 22.3 Å². The van der Waals surface area contributed by atoms with Gasteiger partial charge in [-0.15, -0.1) is 0 Å². The second kappa shape index (κ2) is 5.71.